The lowest BCUT2D eigenvalue weighted by Crippen LogP contribution is -2.37. The molecule has 3 rings (SSSR count). The van der Waals surface area contributed by atoms with Gasteiger partial charge in [-0.3, -0.25) is 4.79 Å². The minimum absolute atomic E-state index is 0.159. The summed E-state index contributed by atoms with van der Waals surface area (Å²) in [7, 11) is -3.23. The Morgan fingerprint density at radius 1 is 1.28 bits per heavy atom. The summed E-state index contributed by atoms with van der Waals surface area (Å²) in [5.74, 6) is 0.0141. The van der Waals surface area contributed by atoms with Crippen LogP contribution < -0.4 is 5.32 Å². The number of benzene rings is 1. The van der Waals surface area contributed by atoms with Gasteiger partial charge in [0.2, 0.25) is 10.0 Å². The molecule has 1 aliphatic rings. The molecule has 25 heavy (non-hydrogen) atoms. The van der Waals surface area contributed by atoms with E-state index in [4.69, 9.17) is 4.42 Å². The Hall–Kier alpha value is -1.64. The number of carbonyl (C=O) groups excluding carboxylic acids is 1. The Labute approximate surface area is 155 Å². The lowest BCUT2D eigenvalue weighted by molar-refractivity contribution is 0.0995. The van der Waals surface area contributed by atoms with E-state index in [1.54, 1.807) is 12.1 Å². The normalized spacial score (nSPS) is 15.0. The number of fused-ring (bicyclic) bond motifs is 1. The molecule has 2 heterocycles. The monoisotopic (exact) mass is 426 g/mol. The third-order valence-corrected chi connectivity index (χ3v) is 6.54. The van der Waals surface area contributed by atoms with Crippen LogP contribution in [0.2, 0.25) is 0 Å². The molecule has 0 aliphatic carbocycles. The fourth-order valence-corrected chi connectivity index (χ4v) is 4.65. The molecule has 0 saturated carbocycles. The van der Waals surface area contributed by atoms with E-state index in [0.717, 1.165) is 11.1 Å². The SMILES string of the molecule is CCCS(=O)(=O)N1CCc2ccc(NC(=O)c3ccc(Br)o3)cc2C1. The number of sulfonamides is 1. The topological polar surface area (TPSA) is 79.6 Å². The van der Waals surface area contributed by atoms with Crippen LogP contribution >= 0.6 is 15.9 Å². The van der Waals surface area contributed by atoms with Gasteiger partial charge in [-0.05, 0) is 64.2 Å². The Morgan fingerprint density at radius 3 is 2.76 bits per heavy atom. The summed E-state index contributed by atoms with van der Waals surface area (Å²) < 4.78 is 31.8. The number of nitrogens with one attached hydrogen (secondary N) is 1. The summed E-state index contributed by atoms with van der Waals surface area (Å²) in [5, 5.41) is 2.78. The molecule has 1 aromatic heterocycles. The van der Waals surface area contributed by atoms with Crippen LogP contribution in [0, 0.1) is 0 Å². The molecule has 1 N–H and O–H groups in total. The van der Waals surface area contributed by atoms with Crippen LogP contribution in [0.5, 0.6) is 0 Å². The van der Waals surface area contributed by atoms with E-state index in [9.17, 15) is 13.2 Å². The van der Waals surface area contributed by atoms with Crippen molar-refractivity contribution in [3.8, 4) is 0 Å². The van der Waals surface area contributed by atoms with Crippen molar-refractivity contribution in [3.05, 3.63) is 51.9 Å². The first-order chi connectivity index (χ1) is 11.9. The smallest absolute Gasteiger partial charge is 0.291 e. The number of anilines is 1. The molecule has 0 atom stereocenters. The zero-order valence-electron chi connectivity index (χ0n) is 13.8. The van der Waals surface area contributed by atoms with Crippen molar-refractivity contribution in [3.63, 3.8) is 0 Å². The Kier molecular flexibility index (Phi) is 5.31. The van der Waals surface area contributed by atoms with Gasteiger partial charge in [0.15, 0.2) is 10.4 Å². The lowest BCUT2D eigenvalue weighted by atomic mass is 10.0. The molecule has 0 fully saturated rings. The highest BCUT2D eigenvalue weighted by Crippen LogP contribution is 2.25. The van der Waals surface area contributed by atoms with Gasteiger partial charge in [0.1, 0.15) is 0 Å². The van der Waals surface area contributed by atoms with E-state index < -0.39 is 10.0 Å². The van der Waals surface area contributed by atoms with Crippen molar-refractivity contribution >= 4 is 37.5 Å². The number of rotatable bonds is 5. The van der Waals surface area contributed by atoms with Crippen LogP contribution in [0.4, 0.5) is 5.69 Å². The van der Waals surface area contributed by atoms with E-state index in [1.807, 2.05) is 25.1 Å². The minimum Gasteiger partial charge on any atom is -0.444 e. The molecular formula is C17H19BrN2O4S. The van der Waals surface area contributed by atoms with E-state index in [2.05, 4.69) is 21.2 Å². The van der Waals surface area contributed by atoms with Crippen molar-refractivity contribution < 1.29 is 17.6 Å². The highest BCUT2D eigenvalue weighted by Gasteiger charge is 2.26. The summed E-state index contributed by atoms with van der Waals surface area (Å²) in [6, 6.07) is 8.83. The third kappa shape index (κ3) is 4.13. The fraction of sp³-hybridized carbons (Fsp3) is 0.353. The Bertz CT molecular complexity index is 892. The number of amides is 1. The van der Waals surface area contributed by atoms with Gasteiger partial charge in [-0.15, -0.1) is 0 Å². The van der Waals surface area contributed by atoms with Gasteiger partial charge in [0, 0.05) is 18.8 Å². The predicted octanol–water partition coefficient (Wildman–Crippen LogP) is 3.39. The summed E-state index contributed by atoms with van der Waals surface area (Å²) in [6.07, 6.45) is 1.28. The van der Waals surface area contributed by atoms with Gasteiger partial charge in [0.05, 0.1) is 5.75 Å². The molecule has 1 amide bonds. The molecule has 0 bridgehead atoms. The summed E-state index contributed by atoms with van der Waals surface area (Å²) in [4.78, 5) is 12.2. The molecule has 8 heteroatoms. The first kappa shape index (κ1) is 18.2. The predicted molar refractivity (Wildman–Crippen MR) is 99.0 cm³/mol. The molecule has 2 aromatic rings. The molecule has 134 valence electrons. The van der Waals surface area contributed by atoms with Gasteiger partial charge in [-0.25, -0.2) is 8.42 Å². The van der Waals surface area contributed by atoms with Gasteiger partial charge >= 0.3 is 0 Å². The van der Waals surface area contributed by atoms with Crippen LogP contribution in [0.3, 0.4) is 0 Å². The highest BCUT2D eigenvalue weighted by atomic mass is 79.9. The van der Waals surface area contributed by atoms with Crippen molar-refractivity contribution in [2.24, 2.45) is 0 Å². The Morgan fingerprint density at radius 2 is 2.08 bits per heavy atom. The van der Waals surface area contributed by atoms with E-state index in [1.165, 1.54) is 4.31 Å². The maximum atomic E-state index is 12.3. The molecule has 0 radical (unpaired) electrons. The van der Waals surface area contributed by atoms with Crippen molar-refractivity contribution in [2.75, 3.05) is 17.6 Å². The quantitative estimate of drug-likeness (QED) is 0.794. The van der Waals surface area contributed by atoms with Gasteiger partial charge in [0.25, 0.3) is 5.91 Å². The molecular weight excluding hydrogens is 408 g/mol. The van der Waals surface area contributed by atoms with Gasteiger partial charge in [-0.2, -0.15) is 4.31 Å². The van der Waals surface area contributed by atoms with Crippen molar-refractivity contribution in [1.29, 1.82) is 0 Å². The zero-order valence-corrected chi connectivity index (χ0v) is 16.2. The summed E-state index contributed by atoms with van der Waals surface area (Å²) in [6.45, 7) is 2.70. The van der Waals surface area contributed by atoms with Crippen LogP contribution in [0.25, 0.3) is 0 Å². The standard InChI is InChI=1S/C17H19BrN2O4S/c1-2-9-25(22,23)20-8-7-12-3-4-14(10-13(12)11-20)19-17(21)15-5-6-16(18)24-15/h3-6,10H,2,7-9,11H2,1H3,(H,19,21). The van der Waals surface area contributed by atoms with Crippen LogP contribution in [-0.4, -0.2) is 30.9 Å². The second-order valence-electron chi connectivity index (χ2n) is 5.94. The minimum atomic E-state index is -3.23. The van der Waals surface area contributed by atoms with Crippen molar-refractivity contribution in [2.45, 2.75) is 26.3 Å². The number of hydrogen-bond donors (Lipinski definition) is 1. The average Bonchev–Trinajstić information content (AvgIpc) is 3.01. The van der Waals surface area contributed by atoms with Crippen LogP contribution in [0.1, 0.15) is 35.0 Å². The second kappa shape index (κ2) is 7.31. The van der Waals surface area contributed by atoms with Crippen molar-refractivity contribution in [1.82, 2.24) is 4.31 Å². The number of furan rings is 1. The average molecular weight is 427 g/mol. The fourth-order valence-electron chi connectivity index (χ4n) is 2.86. The van der Waals surface area contributed by atoms with Crippen LogP contribution in [-0.2, 0) is 23.0 Å². The van der Waals surface area contributed by atoms with E-state index in [-0.39, 0.29) is 17.4 Å². The van der Waals surface area contributed by atoms with Gasteiger partial charge < -0.3 is 9.73 Å². The van der Waals surface area contributed by atoms with Gasteiger partial charge in [-0.1, -0.05) is 13.0 Å². The van der Waals surface area contributed by atoms with Crippen LogP contribution in [0.15, 0.2) is 39.4 Å². The largest absolute Gasteiger partial charge is 0.444 e. The number of halogens is 1. The lowest BCUT2D eigenvalue weighted by Gasteiger charge is -2.28. The number of nitrogens with zero attached hydrogens (tertiary/aromatic N) is 1. The molecule has 1 aromatic carbocycles. The molecule has 0 saturated heterocycles. The number of carbonyl (C=O) groups is 1. The van der Waals surface area contributed by atoms with E-state index in [0.29, 0.717) is 36.3 Å². The second-order valence-corrected chi connectivity index (χ2v) is 8.81. The molecule has 1 aliphatic heterocycles. The highest BCUT2D eigenvalue weighted by molar-refractivity contribution is 9.10. The molecule has 6 nitrogen and oxygen atoms in total. The summed E-state index contributed by atoms with van der Waals surface area (Å²) in [5.41, 5.74) is 2.65. The maximum absolute atomic E-state index is 12.3. The molecule has 0 spiro atoms. The van der Waals surface area contributed by atoms with E-state index >= 15 is 0 Å². The third-order valence-electron chi connectivity index (χ3n) is 4.09. The number of hydrogen-bond acceptors (Lipinski definition) is 4. The first-order valence-electron chi connectivity index (χ1n) is 8.05. The zero-order chi connectivity index (χ0) is 18.0. The Balaban J connectivity index is 1.77. The maximum Gasteiger partial charge on any atom is 0.291 e. The first-order valence-corrected chi connectivity index (χ1v) is 10.5. The molecule has 0 unspecified atom stereocenters. The summed E-state index contributed by atoms with van der Waals surface area (Å²) >= 11 is 3.16.